The van der Waals surface area contributed by atoms with Gasteiger partial charge in [-0.25, -0.2) is 0 Å². The molecule has 0 spiro atoms. The van der Waals surface area contributed by atoms with E-state index in [1.54, 1.807) is 6.26 Å². The predicted molar refractivity (Wildman–Crippen MR) is 66.8 cm³/mol. The third-order valence-corrected chi connectivity index (χ3v) is 3.39. The summed E-state index contributed by atoms with van der Waals surface area (Å²) >= 11 is 0. The Kier molecular flexibility index (Phi) is 4.59. The van der Waals surface area contributed by atoms with E-state index in [0.29, 0.717) is 12.6 Å². The smallest absolute Gasteiger partial charge is 0.120 e. The fourth-order valence-corrected chi connectivity index (χ4v) is 2.37. The van der Waals surface area contributed by atoms with Gasteiger partial charge >= 0.3 is 0 Å². The molecule has 0 amide bonds. The summed E-state index contributed by atoms with van der Waals surface area (Å²) in [5.41, 5.74) is 1.19. The van der Waals surface area contributed by atoms with Crippen LogP contribution >= 0.6 is 0 Å². The molecule has 1 saturated heterocycles. The largest absolute Gasteiger partial charge is 0.468 e. The van der Waals surface area contributed by atoms with Crippen LogP contribution < -0.4 is 5.32 Å². The Balaban J connectivity index is 1.89. The summed E-state index contributed by atoms with van der Waals surface area (Å²) in [5.74, 6) is 1.01. The van der Waals surface area contributed by atoms with Crippen molar-refractivity contribution in [2.75, 3.05) is 26.2 Å². The second kappa shape index (κ2) is 6.19. The maximum Gasteiger partial charge on any atom is 0.120 e. The molecule has 96 valence electrons. The minimum atomic E-state index is 0.201. The van der Waals surface area contributed by atoms with Gasteiger partial charge in [0.25, 0.3) is 0 Å². The van der Waals surface area contributed by atoms with Crippen molar-refractivity contribution in [1.82, 2.24) is 10.2 Å². The number of hydrogen-bond donors (Lipinski definition) is 2. The van der Waals surface area contributed by atoms with E-state index in [1.807, 2.05) is 6.07 Å². The minimum absolute atomic E-state index is 0.201. The average molecular weight is 238 g/mol. The lowest BCUT2D eigenvalue weighted by molar-refractivity contribution is 0.169. The molecule has 1 aromatic heterocycles. The van der Waals surface area contributed by atoms with Crippen LogP contribution in [0.4, 0.5) is 0 Å². The molecule has 1 aromatic rings. The SMILES string of the molecule is Cc1ccoc1CN(CCO)CC1CCCN1. The highest BCUT2D eigenvalue weighted by atomic mass is 16.3. The number of aliphatic hydroxyl groups is 1. The van der Waals surface area contributed by atoms with Crippen LogP contribution in [0.5, 0.6) is 0 Å². The molecule has 2 heterocycles. The molecule has 0 bridgehead atoms. The molecule has 1 aliphatic heterocycles. The van der Waals surface area contributed by atoms with Crippen molar-refractivity contribution in [1.29, 1.82) is 0 Å². The lowest BCUT2D eigenvalue weighted by Gasteiger charge is -2.24. The quantitative estimate of drug-likeness (QED) is 0.780. The molecule has 1 aliphatic rings. The zero-order valence-electron chi connectivity index (χ0n) is 10.5. The summed E-state index contributed by atoms with van der Waals surface area (Å²) in [4.78, 5) is 2.26. The molecule has 1 atom stereocenters. The standard InChI is InChI=1S/C13H22N2O2/c1-11-4-8-17-13(11)10-15(6-7-16)9-12-3-2-5-14-12/h4,8,12,14,16H,2-3,5-7,9-10H2,1H3. The first kappa shape index (κ1) is 12.6. The lowest BCUT2D eigenvalue weighted by Crippen LogP contribution is -2.38. The van der Waals surface area contributed by atoms with E-state index in [1.165, 1.54) is 18.4 Å². The number of nitrogens with one attached hydrogen (secondary N) is 1. The van der Waals surface area contributed by atoms with Crippen molar-refractivity contribution in [3.8, 4) is 0 Å². The predicted octanol–water partition coefficient (Wildman–Crippen LogP) is 1.13. The first-order valence-corrected chi connectivity index (χ1v) is 6.39. The van der Waals surface area contributed by atoms with Gasteiger partial charge in [0, 0.05) is 19.1 Å². The van der Waals surface area contributed by atoms with Crippen LogP contribution in [0, 0.1) is 6.92 Å². The van der Waals surface area contributed by atoms with E-state index in [4.69, 9.17) is 9.52 Å². The molecule has 2 N–H and O–H groups in total. The van der Waals surface area contributed by atoms with Crippen LogP contribution in [0.3, 0.4) is 0 Å². The van der Waals surface area contributed by atoms with Gasteiger partial charge < -0.3 is 14.8 Å². The Morgan fingerprint density at radius 3 is 3.06 bits per heavy atom. The van der Waals surface area contributed by atoms with E-state index in [-0.39, 0.29) is 6.61 Å². The van der Waals surface area contributed by atoms with Crippen LogP contribution in [0.1, 0.15) is 24.2 Å². The van der Waals surface area contributed by atoms with Gasteiger partial charge in [0.1, 0.15) is 5.76 Å². The monoisotopic (exact) mass is 238 g/mol. The van der Waals surface area contributed by atoms with Crippen LogP contribution in [-0.4, -0.2) is 42.3 Å². The fourth-order valence-electron chi connectivity index (χ4n) is 2.37. The third kappa shape index (κ3) is 3.56. The molecular formula is C13H22N2O2. The van der Waals surface area contributed by atoms with Gasteiger partial charge in [0.05, 0.1) is 19.4 Å². The van der Waals surface area contributed by atoms with Gasteiger partial charge in [-0.05, 0) is 37.9 Å². The van der Waals surface area contributed by atoms with E-state index in [0.717, 1.165) is 25.4 Å². The summed E-state index contributed by atoms with van der Waals surface area (Å²) in [7, 11) is 0. The van der Waals surface area contributed by atoms with Gasteiger partial charge in [-0.3, -0.25) is 4.90 Å². The second-order valence-corrected chi connectivity index (χ2v) is 4.78. The zero-order chi connectivity index (χ0) is 12.1. The van der Waals surface area contributed by atoms with Gasteiger partial charge in [-0.1, -0.05) is 0 Å². The molecule has 2 rings (SSSR count). The minimum Gasteiger partial charge on any atom is -0.468 e. The first-order chi connectivity index (χ1) is 8.29. The summed E-state index contributed by atoms with van der Waals surface area (Å²) in [6.45, 7) is 5.87. The van der Waals surface area contributed by atoms with E-state index in [2.05, 4.69) is 17.1 Å². The molecule has 0 radical (unpaired) electrons. The third-order valence-electron chi connectivity index (χ3n) is 3.39. The maximum atomic E-state index is 9.12. The highest BCUT2D eigenvalue weighted by Crippen LogP contribution is 2.14. The number of hydrogen-bond acceptors (Lipinski definition) is 4. The molecule has 4 nitrogen and oxygen atoms in total. The Hall–Kier alpha value is -0.840. The highest BCUT2D eigenvalue weighted by molar-refractivity contribution is 5.14. The number of aryl methyl sites for hydroxylation is 1. The molecule has 0 aliphatic carbocycles. The fraction of sp³-hybridized carbons (Fsp3) is 0.692. The number of nitrogens with zero attached hydrogens (tertiary/aromatic N) is 1. The molecule has 1 unspecified atom stereocenters. The van der Waals surface area contributed by atoms with Crippen LogP contribution in [-0.2, 0) is 6.54 Å². The Morgan fingerprint density at radius 1 is 1.59 bits per heavy atom. The molecule has 1 fully saturated rings. The van der Waals surface area contributed by atoms with Gasteiger partial charge in [-0.2, -0.15) is 0 Å². The summed E-state index contributed by atoms with van der Waals surface area (Å²) in [5, 5.41) is 12.6. The van der Waals surface area contributed by atoms with Crippen LogP contribution in [0.2, 0.25) is 0 Å². The Morgan fingerprint density at radius 2 is 2.47 bits per heavy atom. The van der Waals surface area contributed by atoms with E-state index < -0.39 is 0 Å². The van der Waals surface area contributed by atoms with Crippen molar-refractivity contribution >= 4 is 0 Å². The molecular weight excluding hydrogens is 216 g/mol. The second-order valence-electron chi connectivity index (χ2n) is 4.78. The van der Waals surface area contributed by atoms with Gasteiger partial charge in [0.15, 0.2) is 0 Å². The van der Waals surface area contributed by atoms with Crippen molar-refractivity contribution < 1.29 is 9.52 Å². The van der Waals surface area contributed by atoms with E-state index in [9.17, 15) is 0 Å². The first-order valence-electron chi connectivity index (χ1n) is 6.39. The molecule has 0 saturated carbocycles. The average Bonchev–Trinajstić information content (AvgIpc) is 2.92. The normalized spacial score (nSPS) is 20.3. The molecule has 0 aromatic carbocycles. The van der Waals surface area contributed by atoms with E-state index >= 15 is 0 Å². The van der Waals surface area contributed by atoms with Gasteiger partial charge in [-0.15, -0.1) is 0 Å². The topological polar surface area (TPSA) is 48.6 Å². The van der Waals surface area contributed by atoms with Crippen LogP contribution in [0.25, 0.3) is 0 Å². The maximum absolute atomic E-state index is 9.12. The Bertz CT molecular complexity index is 332. The number of furan rings is 1. The van der Waals surface area contributed by atoms with Crippen molar-refractivity contribution in [3.63, 3.8) is 0 Å². The number of aliphatic hydroxyl groups excluding tert-OH is 1. The summed E-state index contributed by atoms with van der Waals surface area (Å²) in [6.07, 6.45) is 4.23. The molecule has 4 heteroatoms. The summed E-state index contributed by atoms with van der Waals surface area (Å²) < 4.78 is 5.46. The summed E-state index contributed by atoms with van der Waals surface area (Å²) in [6, 6.07) is 2.55. The van der Waals surface area contributed by atoms with Crippen molar-refractivity contribution in [3.05, 3.63) is 23.7 Å². The van der Waals surface area contributed by atoms with Crippen LogP contribution in [0.15, 0.2) is 16.7 Å². The highest BCUT2D eigenvalue weighted by Gasteiger charge is 2.18. The van der Waals surface area contributed by atoms with Crippen molar-refractivity contribution in [2.24, 2.45) is 0 Å². The van der Waals surface area contributed by atoms with Gasteiger partial charge in [0.2, 0.25) is 0 Å². The lowest BCUT2D eigenvalue weighted by atomic mass is 10.2. The zero-order valence-corrected chi connectivity index (χ0v) is 10.5. The molecule has 17 heavy (non-hydrogen) atoms. The Labute approximate surface area is 103 Å². The van der Waals surface area contributed by atoms with Crippen molar-refractivity contribution in [2.45, 2.75) is 32.4 Å². The number of rotatable bonds is 6.